The van der Waals surface area contributed by atoms with E-state index < -0.39 is 0 Å². The van der Waals surface area contributed by atoms with Crippen LogP contribution < -0.4 is 5.32 Å². The largest absolute Gasteiger partial charge is 0.396 e. The van der Waals surface area contributed by atoms with Gasteiger partial charge in [-0.15, -0.1) is 0 Å². The highest BCUT2D eigenvalue weighted by Crippen LogP contribution is 2.04. The van der Waals surface area contributed by atoms with Gasteiger partial charge in [0.25, 0.3) is 0 Å². The predicted molar refractivity (Wildman–Crippen MR) is 68.0 cm³/mol. The zero-order chi connectivity index (χ0) is 13.2. The van der Waals surface area contributed by atoms with E-state index in [2.05, 4.69) is 10.3 Å². The van der Waals surface area contributed by atoms with Crippen LogP contribution in [0.15, 0.2) is 24.4 Å². The number of nitrogens with zero attached hydrogens (tertiary/aromatic N) is 1. The summed E-state index contributed by atoms with van der Waals surface area (Å²) < 4.78 is 4.99. The Morgan fingerprint density at radius 3 is 3.00 bits per heavy atom. The lowest BCUT2D eigenvalue weighted by Gasteiger charge is -2.14. The third kappa shape index (κ3) is 5.75. The van der Waals surface area contributed by atoms with Gasteiger partial charge in [-0.05, 0) is 25.5 Å². The molecule has 18 heavy (non-hydrogen) atoms. The lowest BCUT2D eigenvalue weighted by Crippen LogP contribution is -2.34. The number of hydrogen-bond donors (Lipinski definition) is 2. The van der Waals surface area contributed by atoms with Gasteiger partial charge >= 0.3 is 0 Å². The number of aromatic nitrogens is 1. The third-order valence-corrected chi connectivity index (χ3v) is 2.51. The molecule has 1 aromatic rings. The second-order valence-corrected chi connectivity index (χ2v) is 4.02. The van der Waals surface area contributed by atoms with E-state index in [1.54, 1.807) is 6.20 Å². The number of pyridine rings is 1. The number of carbonyl (C=O) groups excluding carboxylic acids is 1. The Hall–Kier alpha value is -1.46. The minimum atomic E-state index is -0.156. The van der Waals surface area contributed by atoms with Gasteiger partial charge in [0.15, 0.2) is 0 Å². The van der Waals surface area contributed by atoms with E-state index in [0.29, 0.717) is 19.6 Å². The minimum absolute atomic E-state index is 0.0193. The quantitative estimate of drug-likeness (QED) is 0.702. The molecule has 1 aromatic heterocycles. The van der Waals surface area contributed by atoms with Crippen LogP contribution in [0.1, 0.15) is 12.6 Å². The molecule has 5 heteroatoms. The van der Waals surface area contributed by atoms with Crippen LogP contribution in [0.2, 0.25) is 0 Å². The van der Waals surface area contributed by atoms with Crippen molar-refractivity contribution in [2.75, 3.05) is 26.4 Å². The Balaban J connectivity index is 2.31. The summed E-state index contributed by atoms with van der Waals surface area (Å²) in [7, 11) is 0. The molecule has 0 radical (unpaired) electrons. The summed E-state index contributed by atoms with van der Waals surface area (Å²) in [5.41, 5.74) is 0.913. The second kappa shape index (κ2) is 8.60. The first kappa shape index (κ1) is 14.6. The first-order valence-corrected chi connectivity index (χ1v) is 6.11. The lowest BCUT2D eigenvalue weighted by molar-refractivity contribution is -0.125. The molecule has 0 aliphatic carbocycles. The van der Waals surface area contributed by atoms with Crippen molar-refractivity contribution >= 4 is 5.91 Å². The van der Waals surface area contributed by atoms with Gasteiger partial charge in [-0.2, -0.15) is 0 Å². The van der Waals surface area contributed by atoms with Crippen molar-refractivity contribution in [2.45, 2.75) is 13.3 Å². The fraction of sp³-hybridized carbons (Fsp3) is 0.538. The highest BCUT2D eigenvalue weighted by molar-refractivity contribution is 5.77. The summed E-state index contributed by atoms with van der Waals surface area (Å²) in [6.45, 7) is 2.87. The molecule has 0 bridgehead atoms. The summed E-state index contributed by atoms with van der Waals surface area (Å²) in [4.78, 5) is 15.5. The van der Waals surface area contributed by atoms with Gasteiger partial charge in [0.2, 0.25) is 5.91 Å². The molecule has 2 N–H and O–H groups in total. The van der Waals surface area contributed by atoms with E-state index >= 15 is 0 Å². The molecule has 0 aliphatic rings. The number of amides is 1. The van der Waals surface area contributed by atoms with E-state index in [9.17, 15) is 9.90 Å². The number of rotatable bonds is 8. The Kier molecular flexibility index (Phi) is 6.98. The van der Waals surface area contributed by atoms with E-state index in [4.69, 9.17) is 4.74 Å². The second-order valence-electron chi connectivity index (χ2n) is 4.02. The lowest BCUT2D eigenvalue weighted by atomic mass is 10.0. The Morgan fingerprint density at radius 2 is 2.39 bits per heavy atom. The molecule has 1 heterocycles. The molecule has 0 fully saturated rings. The van der Waals surface area contributed by atoms with Crippen LogP contribution in [0.25, 0.3) is 0 Å². The molecule has 1 amide bonds. The third-order valence-electron chi connectivity index (χ3n) is 2.51. The first-order chi connectivity index (χ1) is 8.76. The van der Waals surface area contributed by atoms with Crippen molar-refractivity contribution in [1.29, 1.82) is 0 Å². The summed E-state index contributed by atoms with van der Waals surface area (Å²) in [5, 5.41) is 12.0. The molecule has 1 atom stereocenters. The van der Waals surface area contributed by atoms with Crippen LogP contribution in [-0.4, -0.2) is 42.4 Å². The first-order valence-electron chi connectivity index (χ1n) is 6.11. The van der Waals surface area contributed by atoms with E-state index in [0.717, 1.165) is 5.69 Å². The van der Waals surface area contributed by atoms with Crippen LogP contribution in [0.5, 0.6) is 0 Å². The SMILES string of the molecule is CCOCC(=O)NCC(CO)Cc1ccccn1. The van der Waals surface area contributed by atoms with Crippen LogP contribution in [-0.2, 0) is 16.0 Å². The average molecular weight is 252 g/mol. The molecular formula is C13H20N2O3. The molecule has 0 spiro atoms. The summed E-state index contributed by atoms with van der Waals surface area (Å²) in [6, 6.07) is 5.66. The maximum atomic E-state index is 11.3. The van der Waals surface area contributed by atoms with Crippen molar-refractivity contribution in [3.05, 3.63) is 30.1 Å². The van der Waals surface area contributed by atoms with Gasteiger partial charge in [0.05, 0.1) is 0 Å². The molecule has 100 valence electrons. The zero-order valence-electron chi connectivity index (χ0n) is 10.6. The summed E-state index contributed by atoms with van der Waals surface area (Å²) in [6.07, 6.45) is 2.36. The van der Waals surface area contributed by atoms with Gasteiger partial charge in [-0.3, -0.25) is 9.78 Å². The normalized spacial score (nSPS) is 12.1. The van der Waals surface area contributed by atoms with Gasteiger partial charge in [-0.25, -0.2) is 0 Å². The molecule has 0 saturated heterocycles. The highest BCUT2D eigenvalue weighted by Gasteiger charge is 2.11. The standard InChI is InChI=1S/C13H20N2O3/c1-2-18-10-13(17)15-8-11(9-16)7-12-5-3-4-6-14-12/h3-6,11,16H,2,7-10H2,1H3,(H,15,17). The van der Waals surface area contributed by atoms with Crippen molar-refractivity contribution in [3.63, 3.8) is 0 Å². The molecule has 1 rings (SSSR count). The van der Waals surface area contributed by atoms with E-state index in [1.165, 1.54) is 0 Å². The Labute approximate surface area is 107 Å². The number of nitrogens with one attached hydrogen (secondary N) is 1. The van der Waals surface area contributed by atoms with Crippen LogP contribution in [0.3, 0.4) is 0 Å². The highest BCUT2D eigenvalue weighted by atomic mass is 16.5. The Morgan fingerprint density at radius 1 is 1.56 bits per heavy atom. The fourth-order valence-corrected chi connectivity index (χ4v) is 1.52. The molecule has 1 unspecified atom stereocenters. The van der Waals surface area contributed by atoms with Crippen molar-refractivity contribution < 1.29 is 14.6 Å². The van der Waals surface area contributed by atoms with Crippen LogP contribution >= 0.6 is 0 Å². The maximum Gasteiger partial charge on any atom is 0.246 e. The molecular weight excluding hydrogens is 232 g/mol. The number of aliphatic hydroxyl groups is 1. The number of carbonyl (C=O) groups is 1. The van der Waals surface area contributed by atoms with Gasteiger partial charge in [-0.1, -0.05) is 6.07 Å². The van der Waals surface area contributed by atoms with Gasteiger partial charge < -0.3 is 15.2 Å². The topological polar surface area (TPSA) is 71.5 Å². The molecule has 5 nitrogen and oxygen atoms in total. The van der Waals surface area contributed by atoms with E-state index in [-0.39, 0.29) is 25.0 Å². The van der Waals surface area contributed by atoms with Gasteiger partial charge in [0, 0.05) is 37.6 Å². The molecule has 0 aromatic carbocycles. The predicted octanol–water partition coefficient (Wildman–Crippen LogP) is 0.385. The zero-order valence-corrected chi connectivity index (χ0v) is 10.6. The van der Waals surface area contributed by atoms with Gasteiger partial charge in [0.1, 0.15) is 6.61 Å². The summed E-state index contributed by atoms with van der Waals surface area (Å²) >= 11 is 0. The van der Waals surface area contributed by atoms with Crippen LogP contribution in [0, 0.1) is 5.92 Å². The van der Waals surface area contributed by atoms with E-state index in [1.807, 2.05) is 25.1 Å². The monoisotopic (exact) mass is 252 g/mol. The van der Waals surface area contributed by atoms with Crippen molar-refractivity contribution in [3.8, 4) is 0 Å². The number of ether oxygens (including phenoxy) is 1. The molecule has 0 aliphatic heterocycles. The van der Waals surface area contributed by atoms with Crippen molar-refractivity contribution in [1.82, 2.24) is 10.3 Å². The minimum Gasteiger partial charge on any atom is -0.396 e. The van der Waals surface area contributed by atoms with Crippen LogP contribution in [0.4, 0.5) is 0 Å². The number of aliphatic hydroxyl groups excluding tert-OH is 1. The number of hydrogen-bond acceptors (Lipinski definition) is 4. The fourth-order valence-electron chi connectivity index (χ4n) is 1.52. The van der Waals surface area contributed by atoms with Crippen molar-refractivity contribution in [2.24, 2.45) is 5.92 Å². The Bertz CT molecular complexity index is 343. The summed E-state index contributed by atoms with van der Waals surface area (Å²) in [5.74, 6) is -0.179. The smallest absolute Gasteiger partial charge is 0.246 e. The average Bonchev–Trinajstić information content (AvgIpc) is 2.42. The maximum absolute atomic E-state index is 11.3. The molecule has 0 saturated carbocycles.